The topological polar surface area (TPSA) is 79.5 Å². The Kier molecular flexibility index (Phi) is 9.93. The van der Waals surface area contributed by atoms with E-state index >= 15 is 0 Å². The molecule has 0 amide bonds. The van der Waals surface area contributed by atoms with Crippen molar-refractivity contribution in [1.82, 2.24) is 14.8 Å². The molecule has 3 aromatic rings. The number of hydrogen-bond acceptors (Lipinski definition) is 4. The molecule has 6 nitrogen and oxygen atoms in total. The molecule has 1 fully saturated rings. The van der Waals surface area contributed by atoms with Gasteiger partial charge in [-0.2, -0.15) is 8.42 Å². The van der Waals surface area contributed by atoms with Gasteiger partial charge in [0.1, 0.15) is 5.75 Å². The van der Waals surface area contributed by atoms with Crippen LogP contribution < -0.4 is 19.5 Å². The van der Waals surface area contributed by atoms with Gasteiger partial charge in [0, 0.05) is 31.6 Å². The second-order valence-corrected chi connectivity index (χ2v) is 11.0. The Morgan fingerprint density at radius 2 is 1.58 bits per heavy atom. The third kappa shape index (κ3) is 7.08. The number of ether oxygens (including phenoxy) is 1. The predicted octanol–water partition coefficient (Wildman–Crippen LogP) is 4.81. The van der Waals surface area contributed by atoms with Gasteiger partial charge in [0.25, 0.3) is 10.2 Å². The zero-order chi connectivity index (χ0) is 24.7. The average Bonchev–Trinajstić information content (AvgIpc) is 2.92. The molecule has 36 heavy (non-hydrogen) atoms. The fourth-order valence-electron chi connectivity index (χ4n) is 4.91. The van der Waals surface area contributed by atoms with Crippen molar-refractivity contribution >= 4 is 22.6 Å². The molecule has 8 heteroatoms. The summed E-state index contributed by atoms with van der Waals surface area (Å²) in [5.74, 6) is 0.789. The number of halogens is 1. The van der Waals surface area contributed by atoms with Crippen LogP contribution in [0.5, 0.6) is 5.75 Å². The Labute approximate surface area is 221 Å². The zero-order valence-electron chi connectivity index (χ0n) is 20.9. The van der Waals surface area contributed by atoms with Crippen LogP contribution in [-0.4, -0.2) is 35.2 Å². The summed E-state index contributed by atoms with van der Waals surface area (Å²) in [6.07, 6.45) is 3.72. The standard InChI is InChI=1S/C28H35N3O3S.ClH/c1-29-35(32,33)31-21-28(25-9-6-10-27(19-25)34-2)17-15-26(16-18-28)30-20-22-11-13-24(14-12-22)23-7-4-3-5-8-23;/h3-14,19,26,29-31H,15-18,20-21H2,1-2H3;1H. The molecular weight excluding hydrogens is 494 g/mol. The number of nitrogens with one attached hydrogen (secondary N) is 3. The van der Waals surface area contributed by atoms with Gasteiger partial charge in [-0.05, 0) is 60.1 Å². The third-order valence-electron chi connectivity index (χ3n) is 7.15. The van der Waals surface area contributed by atoms with Crippen LogP contribution in [0.25, 0.3) is 11.1 Å². The molecule has 0 radical (unpaired) electrons. The summed E-state index contributed by atoms with van der Waals surface area (Å²) in [7, 11) is -0.431. The summed E-state index contributed by atoms with van der Waals surface area (Å²) in [6.45, 7) is 1.18. The van der Waals surface area contributed by atoms with Crippen LogP contribution in [0.4, 0.5) is 0 Å². The summed E-state index contributed by atoms with van der Waals surface area (Å²) in [5, 5.41) is 3.72. The molecular formula is C28H36ClN3O3S. The quantitative estimate of drug-likeness (QED) is 0.352. The second kappa shape index (κ2) is 12.7. The maximum atomic E-state index is 12.1. The van der Waals surface area contributed by atoms with Crippen LogP contribution in [0.3, 0.4) is 0 Å². The number of methoxy groups -OCH3 is 1. The number of rotatable bonds is 10. The summed E-state index contributed by atoms with van der Waals surface area (Å²) >= 11 is 0. The van der Waals surface area contributed by atoms with Crippen LogP contribution in [0.15, 0.2) is 78.9 Å². The van der Waals surface area contributed by atoms with Crippen LogP contribution in [0, 0.1) is 0 Å². The molecule has 0 aromatic heterocycles. The highest BCUT2D eigenvalue weighted by Crippen LogP contribution is 2.40. The first-order valence-electron chi connectivity index (χ1n) is 12.1. The summed E-state index contributed by atoms with van der Waals surface area (Å²) in [4.78, 5) is 0. The monoisotopic (exact) mass is 529 g/mol. The summed E-state index contributed by atoms with van der Waals surface area (Å²) in [6, 6.07) is 27.5. The third-order valence-corrected chi connectivity index (χ3v) is 8.21. The predicted molar refractivity (Wildman–Crippen MR) is 149 cm³/mol. The first-order chi connectivity index (χ1) is 16.9. The molecule has 1 aliphatic rings. The van der Waals surface area contributed by atoms with E-state index in [1.807, 2.05) is 24.3 Å². The zero-order valence-corrected chi connectivity index (χ0v) is 22.5. The van der Waals surface area contributed by atoms with Crippen LogP contribution in [0.1, 0.15) is 36.8 Å². The fourth-order valence-corrected chi connectivity index (χ4v) is 5.52. The van der Waals surface area contributed by atoms with Gasteiger partial charge in [0.15, 0.2) is 0 Å². The first kappa shape index (κ1) is 28.2. The van der Waals surface area contributed by atoms with Crippen molar-refractivity contribution in [2.24, 2.45) is 0 Å². The molecule has 0 atom stereocenters. The highest BCUT2D eigenvalue weighted by atomic mass is 35.5. The van der Waals surface area contributed by atoms with Crippen LogP contribution >= 0.6 is 12.4 Å². The molecule has 4 rings (SSSR count). The van der Waals surface area contributed by atoms with Gasteiger partial charge in [-0.1, -0.05) is 66.7 Å². The normalized spacial score (nSPS) is 19.9. The molecule has 0 spiro atoms. The van der Waals surface area contributed by atoms with Crippen molar-refractivity contribution in [3.8, 4) is 16.9 Å². The maximum absolute atomic E-state index is 12.1. The Bertz CT molecular complexity index is 1200. The van der Waals surface area contributed by atoms with Crippen molar-refractivity contribution in [3.63, 3.8) is 0 Å². The van der Waals surface area contributed by atoms with E-state index in [4.69, 9.17) is 4.74 Å². The average molecular weight is 530 g/mol. The molecule has 1 saturated carbocycles. The lowest BCUT2D eigenvalue weighted by Gasteiger charge is -2.41. The molecule has 1 aliphatic carbocycles. The van der Waals surface area contributed by atoms with Crippen LogP contribution in [-0.2, 0) is 22.2 Å². The molecule has 0 aliphatic heterocycles. The van der Waals surface area contributed by atoms with Gasteiger partial charge in [-0.15, -0.1) is 12.4 Å². The van der Waals surface area contributed by atoms with Gasteiger partial charge < -0.3 is 10.1 Å². The smallest absolute Gasteiger partial charge is 0.276 e. The Balaban J connectivity index is 0.00000361. The minimum absolute atomic E-state index is 0. The second-order valence-electron chi connectivity index (χ2n) is 9.26. The van der Waals surface area contributed by atoms with E-state index in [-0.39, 0.29) is 17.8 Å². The van der Waals surface area contributed by atoms with E-state index in [1.165, 1.54) is 23.7 Å². The van der Waals surface area contributed by atoms with E-state index < -0.39 is 10.2 Å². The SMILES string of the molecule is CNS(=O)(=O)NCC1(c2cccc(OC)c2)CCC(NCc2ccc(-c3ccccc3)cc2)CC1.Cl. The molecule has 3 N–H and O–H groups in total. The number of hydrogen-bond donors (Lipinski definition) is 3. The van der Waals surface area contributed by atoms with Crippen molar-refractivity contribution in [2.75, 3.05) is 20.7 Å². The van der Waals surface area contributed by atoms with E-state index in [0.717, 1.165) is 43.5 Å². The number of benzene rings is 3. The highest BCUT2D eigenvalue weighted by molar-refractivity contribution is 7.87. The van der Waals surface area contributed by atoms with E-state index in [0.29, 0.717) is 12.6 Å². The van der Waals surface area contributed by atoms with E-state index in [9.17, 15) is 8.42 Å². The fraction of sp³-hybridized carbons (Fsp3) is 0.357. The largest absolute Gasteiger partial charge is 0.497 e. The summed E-state index contributed by atoms with van der Waals surface area (Å²) in [5.41, 5.74) is 4.55. The molecule has 0 bridgehead atoms. The summed E-state index contributed by atoms with van der Waals surface area (Å²) < 4.78 is 34.8. The highest BCUT2D eigenvalue weighted by Gasteiger charge is 2.37. The minimum atomic E-state index is -3.51. The van der Waals surface area contributed by atoms with E-state index in [1.54, 1.807) is 7.11 Å². The molecule has 194 valence electrons. The van der Waals surface area contributed by atoms with Gasteiger partial charge in [0.2, 0.25) is 0 Å². The van der Waals surface area contributed by atoms with Gasteiger partial charge in [-0.25, -0.2) is 9.44 Å². The van der Waals surface area contributed by atoms with Crippen molar-refractivity contribution < 1.29 is 13.2 Å². The van der Waals surface area contributed by atoms with Gasteiger partial charge in [0.05, 0.1) is 7.11 Å². The van der Waals surface area contributed by atoms with E-state index in [2.05, 4.69) is 69.4 Å². The van der Waals surface area contributed by atoms with Crippen LogP contribution in [0.2, 0.25) is 0 Å². The first-order valence-corrected chi connectivity index (χ1v) is 13.6. The van der Waals surface area contributed by atoms with Crippen molar-refractivity contribution in [3.05, 3.63) is 90.0 Å². The lowest BCUT2D eigenvalue weighted by Crippen LogP contribution is -2.48. The van der Waals surface area contributed by atoms with Gasteiger partial charge in [-0.3, -0.25) is 0 Å². The minimum Gasteiger partial charge on any atom is -0.497 e. The molecule has 0 unspecified atom stereocenters. The Hall–Kier alpha value is -2.42. The van der Waals surface area contributed by atoms with Crippen molar-refractivity contribution in [1.29, 1.82) is 0 Å². The maximum Gasteiger partial charge on any atom is 0.276 e. The molecule has 0 saturated heterocycles. The Morgan fingerprint density at radius 3 is 2.22 bits per heavy atom. The lowest BCUT2D eigenvalue weighted by molar-refractivity contribution is 0.245. The molecule has 3 aromatic carbocycles. The lowest BCUT2D eigenvalue weighted by atomic mass is 9.68. The van der Waals surface area contributed by atoms with Crippen molar-refractivity contribution in [2.45, 2.75) is 43.7 Å². The Morgan fingerprint density at radius 1 is 0.917 bits per heavy atom. The molecule has 0 heterocycles. The van der Waals surface area contributed by atoms with Gasteiger partial charge >= 0.3 is 0 Å².